The Morgan fingerprint density at radius 2 is 1.95 bits per heavy atom. The lowest BCUT2D eigenvalue weighted by Crippen LogP contribution is -1.99. The molecular formula is C13H16N2O4. The number of nitro groups is 2. The molecule has 0 fully saturated rings. The molecule has 0 heterocycles. The van der Waals surface area contributed by atoms with E-state index in [0.717, 1.165) is 0 Å². The van der Waals surface area contributed by atoms with E-state index in [1.807, 2.05) is 13.8 Å². The SMILES string of the molecule is CC/C(=C\c1ccc(C(C)C)c([N+](=O)[O-])c1)[N+](=O)[O-]. The Hall–Kier alpha value is -2.24. The summed E-state index contributed by atoms with van der Waals surface area (Å²) in [6.07, 6.45) is 1.64. The molecule has 1 rings (SSSR count). The summed E-state index contributed by atoms with van der Waals surface area (Å²) < 4.78 is 0. The predicted octanol–water partition coefficient (Wildman–Crippen LogP) is 3.75. The normalized spacial score (nSPS) is 11.7. The number of benzene rings is 1. The molecule has 0 radical (unpaired) electrons. The molecule has 6 nitrogen and oxygen atoms in total. The molecular weight excluding hydrogens is 248 g/mol. The van der Waals surface area contributed by atoms with Gasteiger partial charge in [0.15, 0.2) is 0 Å². The molecule has 6 heteroatoms. The van der Waals surface area contributed by atoms with Gasteiger partial charge in [0.05, 0.1) is 9.85 Å². The molecule has 1 aromatic rings. The van der Waals surface area contributed by atoms with Gasteiger partial charge < -0.3 is 0 Å². The van der Waals surface area contributed by atoms with Gasteiger partial charge in [-0.3, -0.25) is 20.2 Å². The molecule has 0 aliphatic heterocycles. The monoisotopic (exact) mass is 264 g/mol. The van der Waals surface area contributed by atoms with Crippen LogP contribution in [0.3, 0.4) is 0 Å². The van der Waals surface area contributed by atoms with E-state index < -0.39 is 9.85 Å². The third-order valence-corrected chi connectivity index (χ3v) is 2.80. The fourth-order valence-electron chi connectivity index (χ4n) is 1.77. The van der Waals surface area contributed by atoms with E-state index in [-0.39, 0.29) is 23.7 Å². The first-order valence-electron chi connectivity index (χ1n) is 6.00. The van der Waals surface area contributed by atoms with Crippen LogP contribution in [0, 0.1) is 20.2 Å². The van der Waals surface area contributed by atoms with Crippen molar-refractivity contribution in [3.05, 3.63) is 55.3 Å². The summed E-state index contributed by atoms with van der Waals surface area (Å²) in [5.41, 5.74) is 1.14. The van der Waals surface area contributed by atoms with Crippen molar-refractivity contribution in [2.75, 3.05) is 0 Å². The molecule has 0 saturated heterocycles. The van der Waals surface area contributed by atoms with Crippen LogP contribution in [-0.2, 0) is 0 Å². The van der Waals surface area contributed by atoms with Crippen molar-refractivity contribution in [1.82, 2.24) is 0 Å². The van der Waals surface area contributed by atoms with E-state index >= 15 is 0 Å². The third kappa shape index (κ3) is 3.61. The second-order valence-corrected chi connectivity index (χ2v) is 4.48. The molecule has 0 N–H and O–H groups in total. The molecule has 0 aromatic heterocycles. The van der Waals surface area contributed by atoms with Gasteiger partial charge in [-0.05, 0) is 11.5 Å². The summed E-state index contributed by atoms with van der Waals surface area (Å²) in [6, 6.07) is 4.71. The Labute approximate surface area is 111 Å². The van der Waals surface area contributed by atoms with Crippen molar-refractivity contribution in [2.24, 2.45) is 0 Å². The van der Waals surface area contributed by atoms with Crippen molar-refractivity contribution < 1.29 is 9.85 Å². The highest BCUT2D eigenvalue weighted by Crippen LogP contribution is 2.28. The van der Waals surface area contributed by atoms with Gasteiger partial charge in [-0.2, -0.15) is 0 Å². The van der Waals surface area contributed by atoms with Crippen LogP contribution in [0.15, 0.2) is 23.9 Å². The second-order valence-electron chi connectivity index (χ2n) is 4.48. The van der Waals surface area contributed by atoms with Crippen molar-refractivity contribution >= 4 is 11.8 Å². The molecule has 1 aromatic carbocycles. The summed E-state index contributed by atoms with van der Waals surface area (Å²) >= 11 is 0. The van der Waals surface area contributed by atoms with Crippen molar-refractivity contribution in [1.29, 1.82) is 0 Å². The van der Waals surface area contributed by atoms with E-state index in [1.54, 1.807) is 19.1 Å². The standard InChI is InChI=1S/C13H16N2O4/c1-4-11(14(16)17)7-10-5-6-12(9(2)3)13(8-10)15(18)19/h5-9H,4H2,1-3H3/b11-7+. The largest absolute Gasteiger partial charge is 0.273 e. The summed E-state index contributed by atoms with van der Waals surface area (Å²) in [4.78, 5) is 20.8. The topological polar surface area (TPSA) is 86.3 Å². The molecule has 0 saturated carbocycles. The average molecular weight is 264 g/mol. The van der Waals surface area contributed by atoms with Gasteiger partial charge in [0.25, 0.3) is 5.69 Å². The van der Waals surface area contributed by atoms with E-state index in [2.05, 4.69) is 0 Å². The first kappa shape index (κ1) is 14.8. The highest BCUT2D eigenvalue weighted by atomic mass is 16.6. The van der Waals surface area contributed by atoms with Crippen LogP contribution in [0.5, 0.6) is 0 Å². The van der Waals surface area contributed by atoms with Crippen LogP contribution in [0.25, 0.3) is 6.08 Å². The molecule has 0 amide bonds. The van der Waals surface area contributed by atoms with Gasteiger partial charge in [-0.1, -0.05) is 32.9 Å². The quantitative estimate of drug-likeness (QED) is 0.598. The van der Waals surface area contributed by atoms with E-state index in [9.17, 15) is 20.2 Å². The second kappa shape index (κ2) is 6.08. The molecule has 0 spiro atoms. The van der Waals surface area contributed by atoms with Gasteiger partial charge in [0.2, 0.25) is 5.70 Å². The number of nitrogens with zero attached hydrogens (tertiary/aromatic N) is 2. The minimum atomic E-state index is -0.470. The molecule has 0 aliphatic carbocycles. The van der Waals surface area contributed by atoms with Crippen LogP contribution in [-0.4, -0.2) is 9.85 Å². The van der Waals surface area contributed by atoms with Crippen LogP contribution >= 0.6 is 0 Å². The zero-order valence-electron chi connectivity index (χ0n) is 11.1. The Morgan fingerprint density at radius 1 is 1.32 bits per heavy atom. The molecule has 0 bridgehead atoms. The first-order valence-corrected chi connectivity index (χ1v) is 6.00. The van der Waals surface area contributed by atoms with E-state index in [0.29, 0.717) is 11.1 Å². The maximum atomic E-state index is 11.0. The lowest BCUT2D eigenvalue weighted by molar-refractivity contribution is -0.425. The Bertz CT molecular complexity index is 535. The predicted molar refractivity (Wildman–Crippen MR) is 72.4 cm³/mol. The number of nitro benzene ring substituents is 1. The molecule has 0 unspecified atom stereocenters. The zero-order valence-corrected chi connectivity index (χ0v) is 11.1. The van der Waals surface area contributed by atoms with Crippen molar-refractivity contribution in [3.63, 3.8) is 0 Å². The third-order valence-electron chi connectivity index (χ3n) is 2.80. The van der Waals surface area contributed by atoms with Crippen molar-refractivity contribution in [3.8, 4) is 0 Å². The maximum Gasteiger partial charge on any atom is 0.273 e. The fourth-order valence-corrected chi connectivity index (χ4v) is 1.77. The summed E-state index contributed by atoms with van der Waals surface area (Å²) in [6.45, 7) is 5.41. The number of hydrogen-bond donors (Lipinski definition) is 0. The first-order chi connectivity index (χ1) is 8.86. The van der Waals surface area contributed by atoms with Gasteiger partial charge in [-0.25, -0.2) is 0 Å². The van der Waals surface area contributed by atoms with Crippen LogP contribution in [0.1, 0.15) is 44.2 Å². The minimum Gasteiger partial charge on any atom is -0.259 e. The average Bonchev–Trinajstić information content (AvgIpc) is 2.34. The fraction of sp³-hybridized carbons (Fsp3) is 0.385. The maximum absolute atomic E-state index is 11.0. The lowest BCUT2D eigenvalue weighted by atomic mass is 9.99. The van der Waals surface area contributed by atoms with Crippen LogP contribution in [0.4, 0.5) is 5.69 Å². The highest BCUT2D eigenvalue weighted by Gasteiger charge is 2.17. The van der Waals surface area contributed by atoms with Crippen LogP contribution < -0.4 is 0 Å². The van der Waals surface area contributed by atoms with E-state index in [4.69, 9.17) is 0 Å². The van der Waals surface area contributed by atoms with Crippen LogP contribution in [0.2, 0.25) is 0 Å². The Kier molecular flexibility index (Phi) is 4.74. The van der Waals surface area contributed by atoms with Gasteiger partial charge >= 0.3 is 0 Å². The molecule has 0 aliphatic rings. The highest BCUT2D eigenvalue weighted by molar-refractivity contribution is 5.57. The number of allylic oxidation sites excluding steroid dienone is 1. The Balaban J connectivity index is 3.30. The molecule has 0 atom stereocenters. The molecule has 102 valence electrons. The van der Waals surface area contributed by atoms with Crippen molar-refractivity contribution in [2.45, 2.75) is 33.1 Å². The van der Waals surface area contributed by atoms with E-state index in [1.165, 1.54) is 12.1 Å². The molecule has 19 heavy (non-hydrogen) atoms. The summed E-state index contributed by atoms with van der Waals surface area (Å²) in [5.74, 6) is 0.0274. The smallest absolute Gasteiger partial charge is 0.259 e. The minimum absolute atomic E-state index is 0.00236. The number of hydrogen-bond acceptors (Lipinski definition) is 4. The Morgan fingerprint density at radius 3 is 2.37 bits per heavy atom. The number of rotatable bonds is 5. The van der Waals surface area contributed by atoms with Gasteiger partial charge in [-0.15, -0.1) is 0 Å². The lowest BCUT2D eigenvalue weighted by Gasteiger charge is -2.07. The zero-order chi connectivity index (χ0) is 14.6. The van der Waals surface area contributed by atoms with Gasteiger partial charge in [0.1, 0.15) is 0 Å². The van der Waals surface area contributed by atoms with Gasteiger partial charge in [0, 0.05) is 24.1 Å². The summed E-state index contributed by atoms with van der Waals surface area (Å²) in [5, 5.41) is 21.8. The summed E-state index contributed by atoms with van der Waals surface area (Å²) in [7, 11) is 0.